The minimum Gasteiger partial charge on any atom is -0.489 e. The predicted molar refractivity (Wildman–Crippen MR) is 82.2 cm³/mol. The summed E-state index contributed by atoms with van der Waals surface area (Å²) in [6.07, 6.45) is -3.50. The molecule has 0 aromatic heterocycles. The molecule has 0 aliphatic carbocycles. The van der Waals surface area contributed by atoms with Gasteiger partial charge in [0.15, 0.2) is 0 Å². The molecule has 2 aromatic rings. The monoisotopic (exact) mass is 331 g/mol. The van der Waals surface area contributed by atoms with E-state index < -0.39 is 11.7 Å². The second kappa shape index (κ2) is 8.06. The van der Waals surface area contributed by atoms with Gasteiger partial charge in [-0.1, -0.05) is 24.3 Å². The standard InChI is InChI=1S/C16H16F3NO.ClH/c17-16(18,19)14-5-1-13(2-6-14)11-21-15-7-3-12(4-8-15)9-10-20;/h1-8H,9-11,20H2;1H. The van der Waals surface area contributed by atoms with Gasteiger partial charge in [-0.15, -0.1) is 12.4 Å². The SMILES string of the molecule is Cl.NCCc1ccc(OCc2ccc(C(F)(F)F)cc2)cc1. The van der Waals surface area contributed by atoms with Gasteiger partial charge in [0.05, 0.1) is 5.56 Å². The summed E-state index contributed by atoms with van der Waals surface area (Å²) >= 11 is 0. The fraction of sp³-hybridized carbons (Fsp3) is 0.250. The van der Waals surface area contributed by atoms with Gasteiger partial charge in [0.1, 0.15) is 12.4 Å². The summed E-state index contributed by atoms with van der Waals surface area (Å²) in [4.78, 5) is 0. The Balaban J connectivity index is 0.00000242. The second-order valence-corrected chi connectivity index (χ2v) is 4.67. The van der Waals surface area contributed by atoms with Crippen LogP contribution in [0.25, 0.3) is 0 Å². The molecule has 2 rings (SSSR count). The van der Waals surface area contributed by atoms with E-state index in [1.165, 1.54) is 12.1 Å². The van der Waals surface area contributed by atoms with Gasteiger partial charge < -0.3 is 10.5 Å². The fourth-order valence-corrected chi connectivity index (χ4v) is 1.88. The van der Waals surface area contributed by atoms with Crippen molar-refractivity contribution < 1.29 is 17.9 Å². The first-order valence-electron chi connectivity index (χ1n) is 6.57. The number of hydrogen-bond donors (Lipinski definition) is 1. The molecule has 0 amide bonds. The summed E-state index contributed by atoms with van der Waals surface area (Å²) in [7, 11) is 0. The maximum absolute atomic E-state index is 12.4. The van der Waals surface area contributed by atoms with E-state index in [1.54, 1.807) is 0 Å². The number of hydrogen-bond acceptors (Lipinski definition) is 2. The van der Waals surface area contributed by atoms with Crippen LogP contribution < -0.4 is 10.5 Å². The number of rotatable bonds is 5. The lowest BCUT2D eigenvalue weighted by molar-refractivity contribution is -0.137. The molecule has 0 saturated carbocycles. The van der Waals surface area contributed by atoms with Crippen LogP contribution in [-0.4, -0.2) is 6.54 Å². The Morgan fingerprint density at radius 1 is 0.864 bits per heavy atom. The van der Waals surface area contributed by atoms with Gasteiger partial charge in [-0.3, -0.25) is 0 Å². The Morgan fingerprint density at radius 3 is 1.91 bits per heavy atom. The molecule has 0 unspecified atom stereocenters. The highest BCUT2D eigenvalue weighted by Crippen LogP contribution is 2.29. The third kappa shape index (κ3) is 5.24. The van der Waals surface area contributed by atoms with Crippen LogP contribution in [0.4, 0.5) is 13.2 Å². The lowest BCUT2D eigenvalue weighted by Gasteiger charge is -2.09. The smallest absolute Gasteiger partial charge is 0.416 e. The van der Waals surface area contributed by atoms with Crippen LogP contribution in [0.5, 0.6) is 5.75 Å². The Hall–Kier alpha value is -1.72. The summed E-state index contributed by atoms with van der Waals surface area (Å²) in [5.74, 6) is 0.677. The number of alkyl halides is 3. The zero-order valence-electron chi connectivity index (χ0n) is 11.8. The number of halogens is 4. The first kappa shape index (κ1) is 18.3. The van der Waals surface area contributed by atoms with Crippen molar-refractivity contribution in [2.45, 2.75) is 19.2 Å². The van der Waals surface area contributed by atoms with Gasteiger partial charge in [-0.05, 0) is 48.4 Å². The Kier molecular flexibility index (Phi) is 6.71. The van der Waals surface area contributed by atoms with E-state index in [-0.39, 0.29) is 19.0 Å². The predicted octanol–water partition coefficient (Wildman–Crippen LogP) is 4.21. The van der Waals surface area contributed by atoms with Crippen molar-refractivity contribution in [1.29, 1.82) is 0 Å². The maximum Gasteiger partial charge on any atom is 0.416 e. The Bertz CT molecular complexity index is 567. The summed E-state index contributed by atoms with van der Waals surface area (Å²) in [5, 5.41) is 0. The molecule has 0 bridgehead atoms. The first-order valence-corrected chi connectivity index (χ1v) is 6.57. The molecule has 0 aliphatic rings. The highest BCUT2D eigenvalue weighted by Gasteiger charge is 2.29. The highest BCUT2D eigenvalue weighted by atomic mass is 35.5. The van der Waals surface area contributed by atoms with Gasteiger partial charge in [0.2, 0.25) is 0 Å². The lowest BCUT2D eigenvalue weighted by Crippen LogP contribution is -2.05. The van der Waals surface area contributed by atoms with Crippen LogP contribution >= 0.6 is 12.4 Å². The summed E-state index contributed by atoms with van der Waals surface area (Å²) in [6, 6.07) is 12.5. The van der Waals surface area contributed by atoms with E-state index >= 15 is 0 Å². The molecule has 0 saturated heterocycles. The number of benzene rings is 2. The average molecular weight is 332 g/mol. The molecule has 0 radical (unpaired) electrons. The van der Waals surface area contributed by atoms with Gasteiger partial charge in [-0.2, -0.15) is 13.2 Å². The summed E-state index contributed by atoms with van der Waals surface area (Å²) in [5.41, 5.74) is 6.62. The third-order valence-electron chi connectivity index (χ3n) is 3.04. The molecule has 2 nitrogen and oxygen atoms in total. The molecule has 0 spiro atoms. The Morgan fingerprint density at radius 2 is 1.41 bits per heavy atom. The van der Waals surface area contributed by atoms with Gasteiger partial charge in [-0.25, -0.2) is 0 Å². The molecule has 2 aromatic carbocycles. The Labute approximate surface area is 133 Å². The molecular weight excluding hydrogens is 315 g/mol. The molecule has 2 N–H and O–H groups in total. The number of ether oxygens (including phenoxy) is 1. The van der Waals surface area contributed by atoms with Crippen LogP contribution in [0.2, 0.25) is 0 Å². The zero-order valence-corrected chi connectivity index (χ0v) is 12.6. The molecule has 22 heavy (non-hydrogen) atoms. The first-order chi connectivity index (χ1) is 9.99. The molecule has 0 aliphatic heterocycles. The van der Waals surface area contributed by atoms with E-state index in [4.69, 9.17) is 10.5 Å². The molecule has 0 atom stereocenters. The quantitative estimate of drug-likeness (QED) is 0.891. The minimum atomic E-state index is -4.31. The van der Waals surface area contributed by atoms with Crippen molar-refractivity contribution in [1.82, 2.24) is 0 Å². The van der Waals surface area contributed by atoms with Gasteiger partial charge in [0, 0.05) is 0 Å². The van der Waals surface area contributed by atoms with Crippen LogP contribution in [0.1, 0.15) is 16.7 Å². The average Bonchev–Trinajstić information content (AvgIpc) is 2.46. The van der Waals surface area contributed by atoms with Crippen LogP contribution in [0.3, 0.4) is 0 Å². The maximum atomic E-state index is 12.4. The van der Waals surface area contributed by atoms with E-state index in [1.807, 2.05) is 24.3 Å². The van der Waals surface area contributed by atoms with E-state index in [2.05, 4.69) is 0 Å². The molecule has 0 heterocycles. The summed E-state index contributed by atoms with van der Waals surface area (Å²) < 4.78 is 42.8. The van der Waals surface area contributed by atoms with Crippen molar-refractivity contribution in [3.63, 3.8) is 0 Å². The largest absolute Gasteiger partial charge is 0.489 e. The molecule has 0 fully saturated rings. The van der Waals surface area contributed by atoms with Crippen LogP contribution in [0.15, 0.2) is 48.5 Å². The van der Waals surface area contributed by atoms with E-state index in [0.717, 1.165) is 24.1 Å². The van der Waals surface area contributed by atoms with Crippen molar-refractivity contribution in [3.05, 3.63) is 65.2 Å². The molecular formula is C16H17ClF3NO. The minimum absolute atomic E-state index is 0. The second-order valence-electron chi connectivity index (χ2n) is 4.67. The number of nitrogens with two attached hydrogens (primary N) is 1. The van der Waals surface area contributed by atoms with Gasteiger partial charge >= 0.3 is 6.18 Å². The van der Waals surface area contributed by atoms with Crippen molar-refractivity contribution in [2.24, 2.45) is 5.73 Å². The van der Waals surface area contributed by atoms with Crippen molar-refractivity contribution in [2.75, 3.05) is 6.54 Å². The van der Waals surface area contributed by atoms with E-state index in [0.29, 0.717) is 17.9 Å². The van der Waals surface area contributed by atoms with Crippen molar-refractivity contribution >= 4 is 12.4 Å². The topological polar surface area (TPSA) is 35.2 Å². The van der Waals surface area contributed by atoms with Crippen molar-refractivity contribution in [3.8, 4) is 5.75 Å². The van der Waals surface area contributed by atoms with E-state index in [9.17, 15) is 13.2 Å². The lowest BCUT2D eigenvalue weighted by atomic mass is 10.1. The van der Waals surface area contributed by atoms with Crippen LogP contribution in [0, 0.1) is 0 Å². The van der Waals surface area contributed by atoms with Gasteiger partial charge in [0.25, 0.3) is 0 Å². The summed E-state index contributed by atoms with van der Waals surface area (Å²) in [6.45, 7) is 0.820. The third-order valence-corrected chi connectivity index (χ3v) is 3.04. The fourth-order valence-electron chi connectivity index (χ4n) is 1.88. The molecule has 6 heteroatoms. The zero-order chi connectivity index (χ0) is 15.3. The normalized spacial score (nSPS) is 10.9. The molecule has 120 valence electrons. The van der Waals surface area contributed by atoms with Crippen LogP contribution in [-0.2, 0) is 19.2 Å². The highest BCUT2D eigenvalue weighted by molar-refractivity contribution is 5.85.